The molecule has 3 rings (SSSR count). The molecule has 166 valence electrons. The molecule has 1 aromatic carbocycles. The Bertz CT molecular complexity index is 955. The molecule has 1 aliphatic heterocycles. The predicted molar refractivity (Wildman–Crippen MR) is 110 cm³/mol. The largest absolute Gasteiger partial charge is 0.454 e. The minimum atomic E-state index is -2.97. The zero-order valence-corrected chi connectivity index (χ0v) is 17.1. The monoisotopic (exact) mass is 435 g/mol. The number of alkyl halides is 2. The summed E-state index contributed by atoms with van der Waals surface area (Å²) in [6, 6.07) is 8.30. The molecular weight excluding hydrogens is 412 g/mol. The van der Waals surface area contributed by atoms with E-state index in [1.165, 1.54) is 6.07 Å². The zero-order chi connectivity index (χ0) is 22.2. The van der Waals surface area contributed by atoms with Crippen LogP contribution in [0.15, 0.2) is 35.3 Å². The van der Waals surface area contributed by atoms with E-state index in [4.69, 9.17) is 9.47 Å². The van der Waals surface area contributed by atoms with Crippen molar-refractivity contribution < 1.29 is 27.8 Å². The van der Waals surface area contributed by atoms with Crippen molar-refractivity contribution in [3.63, 3.8) is 0 Å². The van der Waals surface area contributed by atoms with Crippen molar-refractivity contribution in [2.45, 2.75) is 26.5 Å². The molecule has 0 unspecified atom stereocenters. The van der Waals surface area contributed by atoms with E-state index >= 15 is 0 Å². The summed E-state index contributed by atoms with van der Waals surface area (Å²) in [6.45, 7) is -0.677. The fraction of sp³-hybridized carbons (Fsp3) is 0.350. The van der Waals surface area contributed by atoms with Gasteiger partial charge in [0.1, 0.15) is 11.6 Å². The number of aliphatic imine (C=N–C) groups is 1. The second-order valence-electron chi connectivity index (χ2n) is 6.51. The summed E-state index contributed by atoms with van der Waals surface area (Å²) < 4.78 is 40.6. The van der Waals surface area contributed by atoms with Crippen LogP contribution in [0.5, 0.6) is 17.2 Å². The smallest absolute Gasteiger partial charge is 0.387 e. The number of pyridine rings is 1. The number of carbonyl (C=O) groups is 1. The van der Waals surface area contributed by atoms with Gasteiger partial charge in [-0.3, -0.25) is 9.79 Å². The van der Waals surface area contributed by atoms with E-state index in [9.17, 15) is 13.6 Å². The molecule has 11 heteroatoms. The van der Waals surface area contributed by atoms with Gasteiger partial charge in [-0.1, -0.05) is 6.07 Å². The quantitative estimate of drug-likeness (QED) is 0.432. The van der Waals surface area contributed by atoms with E-state index in [0.29, 0.717) is 35.4 Å². The molecule has 0 saturated carbocycles. The predicted octanol–water partition coefficient (Wildman–Crippen LogP) is 2.41. The topological polar surface area (TPSA) is 106 Å². The molecule has 1 aliphatic rings. The Balaban J connectivity index is 1.51. The number of ether oxygens (including phenoxy) is 3. The molecule has 0 fully saturated rings. The van der Waals surface area contributed by atoms with Crippen LogP contribution in [0.4, 0.5) is 14.6 Å². The van der Waals surface area contributed by atoms with Crippen LogP contribution < -0.4 is 30.2 Å². The number of halogens is 2. The van der Waals surface area contributed by atoms with Crippen molar-refractivity contribution in [3.8, 4) is 17.2 Å². The van der Waals surface area contributed by atoms with Crippen LogP contribution >= 0.6 is 0 Å². The molecule has 0 radical (unpaired) electrons. The average Bonchev–Trinajstić information content (AvgIpc) is 3.17. The number of anilines is 1. The van der Waals surface area contributed by atoms with Gasteiger partial charge in [0.2, 0.25) is 12.7 Å². The van der Waals surface area contributed by atoms with Gasteiger partial charge in [0.25, 0.3) is 0 Å². The first kappa shape index (κ1) is 22.1. The number of rotatable bonds is 8. The summed E-state index contributed by atoms with van der Waals surface area (Å²) in [5.41, 5.74) is 1.25. The molecule has 0 bridgehead atoms. The number of amides is 1. The van der Waals surface area contributed by atoms with Crippen LogP contribution in [0.2, 0.25) is 0 Å². The standard InChI is InChI=1S/C20H23F2N5O4/c1-12-4-3-5-17(26-12)27-18(28)6-7-24-20(23-2)25-10-13-8-15-16(30-11-29-15)9-14(13)31-19(21)22/h3-5,8-9,19H,6-7,10-11H2,1-2H3,(H2,23,24,25)(H,26,27,28). The van der Waals surface area contributed by atoms with Crippen molar-refractivity contribution >= 4 is 17.7 Å². The van der Waals surface area contributed by atoms with Gasteiger partial charge in [-0.05, 0) is 25.1 Å². The molecule has 9 nitrogen and oxygen atoms in total. The Kier molecular flexibility index (Phi) is 7.41. The number of nitrogens with zero attached hydrogens (tertiary/aromatic N) is 2. The van der Waals surface area contributed by atoms with Crippen molar-refractivity contribution in [1.29, 1.82) is 0 Å². The summed E-state index contributed by atoms with van der Waals surface area (Å²) in [7, 11) is 1.56. The lowest BCUT2D eigenvalue weighted by molar-refractivity contribution is -0.116. The number of hydrogen-bond acceptors (Lipinski definition) is 6. The van der Waals surface area contributed by atoms with Crippen LogP contribution in [0.3, 0.4) is 0 Å². The Morgan fingerprint density at radius 1 is 1.26 bits per heavy atom. The van der Waals surface area contributed by atoms with E-state index in [1.54, 1.807) is 19.2 Å². The van der Waals surface area contributed by atoms with Gasteiger partial charge in [-0.25, -0.2) is 4.98 Å². The number of fused-ring (bicyclic) bond motifs is 1. The number of benzene rings is 1. The Morgan fingerprint density at radius 2 is 2.03 bits per heavy atom. The molecule has 0 aliphatic carbocycles. The highest BCUT2D eigenvalue weighted by atomic mass is 19.3. The van der Waals surface area contributed by atoms with E-state index in [1.807, 2.05) is 19.1 Å². The summed E-state index contributed by atoms with van der Waals surface area (Å²) in [5.74, 6) is 1.44. The van der Waals surface area contributed by atoms with Crippen LogP contribution in [0, 0.1) is 6.92 Å². The minimum absolute atomic E-state index is 0.0176. The summed E-state index contributed by atoms with van der Waals surface area (Å²) in [6.07, 6.45) is 0.181. The maximum Gasteiger partial charge on any atom is 0.387 e. The number of guanidine groups is 1. The molecule has 2 heterocycles. The van der Waals surface area contributed by atoms with Crippen molar-refractivity contribution in [2.24, 2.45) is 4.99 Å². The minimum Gasteiger partial charge on any atom is -0.454 e. The maximum absolute atomic E-state index is 12.7. The second-order valence-corrected chi connectivity index (χ2v) is 6.51. The lowest BCUT2D eigenvalue weighted by atomic mass is 10.1. The highest BCUT2D eigenvalue weighted by molar-refractivity contribution is 5.90. The van der Waals surface area contributed by atoms with Crippen molar-refractivity contribution in [1.82, 2.24) is 15.6 Å². The number of nitrogens with one attached hydrogen (secondary N) is 3. The fourth-order valence-corrected chi connectivity index (χ4v) is 2.82. The lowest BCUT2D eigenvalue weighted by Crippen LogP contribution is -2.38. The van der Waals surface area contributed by atoms with Crippen molar-refractivity contribution in [3.05, 3.63) is 41.6 Å². The number of hydrogen-bond donors (Lipinski definition) is 3. The summed E-state index contributed by atoms with van der Waals surface area (Å²) >= 11 is 0. The molecule has 0 spiro atoms. The Labute approximate surface area is 177 Å². The first-order chi connectivity index (χ1) is 14.9. The van der Waals surface area contributed by atoms with E-state index in [-0.39, 0.29) is 31.4 Å². The lowest BCUT2D eigenvalue weighted by Gasteiger charge is -2.15. The third kappa shape index (κ3) is 6.43. The molecule has 1 amide bonds. The van der Waals surface area contributed by atoms with Gasteiger partial charge in [-0.2, -0.15) is 8.78 Å². The first-order valence-electron chi connectivity index (χ1n) is 9.50. The zero-order valence-electron chi connectivity index (χ0n) is 17.1. The molecule has 0 saturated heterocycles. The number of aromatic nitrogens is 1. The van der Waals surface area contributed by atoms with E-state index in [0.717, 1.165) is 5.69 Å². The highest BCUT2D eigenvalue weighted by Gasteiger charge is 2.20. The van der Waals surface area contributed by atoms with Crippen LogP contribution in [0.1, 0.15) is 17.7 Å². The average molecular weight is 435 g/mol. The fourth-order valence-electron chi connectivity index (χ4n) is 2.82. The molecular formula is C20H23F2N5O4. The van der Waals surface area contributed by atoms with E-state index in [2.05, 4.69) is 30.7 Å². The first-order valence-corrected chi connectivity index (χ1v) is 9.50. The molecule has 2 aromatic rings. The van der Waals surface area contributed by atoms with Gasteiger partial charge in [0, 0.05) is 43.9 Å². The normalized spacial score (nSPS) is 12.6. The molecule has 1 aromatic heterocycles. The van der Waals surface area contributed by atoms with Gasteiger partial charge < -0.3 is 30.2 Å². The van der Waals surface area contributed by atoms with E-state index < -0.39 is 6.61 Å². The Hall–Kier alpha value is -3.63. The number of carbonyl (C=O) groups excluding carboxylic acids is 1. The van der Waals surface area contributed by atoms with Gasteiger partial charge in [-0.15, -0.1) is 0 Å². The summed E-state index contributed by atoms with van der Waals surface area (Å²) in [5, 5.41) is 8.71. The van der Waals surface area contributed by atoms with Gasteiger partial charge in [0.15, 0.2) is 17.5 Å². The second kappa shape index (κ2) is 10.4. The van der Waals surface area contributed by atoms with Crippen LogP contribution in [0.25, 0.3) is 0 Å². The van der Waals surface area contributed by atoms with Crippen molar-refractivity contribution in [2.75, 3.05) is 25.7 Å². The SMILES string of the molecule is CN=C(NCCC(=O)Nc1cccc(C)n1)NCc1cc2c(cc1OC(F)F)OCO2. The number of aryl methyl sites for hydroxylation is 1. The Morgan fingerprint density at radius 3 is 2.74 bits per heavy atom. The van der Waals surface area contributed by atoms with Crippen LogP contribution in [-0.2, 0) is 11.3 Å². The maximum atomic E-state index is 12.7. The molecule has 0 atom stereocenters. The van der Waals surface area contributed by atoms with Gasteiger partial charge in [0.05, 0.1) is 0 Å². The molecule has 31 heavy (non-hydrogen) atoms. The summed E-state index contributed by atoms with van der Waals surface area (Å²) in [4.78, 5) is 20.3. The van der Waals surface area contributed by atoms with Gasteiger partial charge >= 0.3 is 6.61 Å². The highest BCUT2D eigenvalue weighted by Crippen LogP contribution is 2.38. The molecule has 3 N–H and O–H groups in total. The third-order valence-corrected chi connectivity index (χ3v) is 4.24. The third-order valence-electron chi connectivity index (χ3n) is 4.24. The van der Waals surface area contributed by atoms with Crippen LogP contribution in [-0.4, -0.2) is 43.8 Å².